The van der Waals surface area contributed by atoms with Crippen LogP contribution in [0.1, 0.15) is 43.0 Å². The van der Waals surface area contributed by atoms with Crippen molar-refractivity contribution < 1.29 is 20.1 Å². The highest BCUT2D eigenvalue weighted by atomic mass is 16.3. The molecule has 0 bridgehead atoms. The monoisotopic (exact) mass is 278 g/mol. The molecule has 0 saturated heterocycles. The summed E-state index contributed by atoms with van der Waals surface area (Å²) >= 11 is 0. The molecular weight excluding hydrogens is 260 g/mol. The number of rotatable bonds is 2. The van der Waals surface area contributed by atoms with Crippen LogP contribution in [0.4, 0.5) is 0 Å². The summed E-state index contributed by atoms with van der Waals surface area (Å²) in [6, 6.07) is 2.15. The van der Waals surface area contributed by atoms with Crippen LogP contribution in [0.25, 0.3) is 0 Å². The third-order valence-corrected chi connectivity index (χ3v) is 3.50. The molecule has 0 aliphatic heterocycles. The predicted octanol–water partition coefficient (Wildman–Crippen LogP) is 2.10. The van der Waals surface area contributed by atoms with Crippen LogP contribution in [0.5, 0.6) is 17.2 Å². The summed E-state index contributed by atoms with van der Waals surface area (Å²) in [4.78, 5) is 11.8. The van der Waals surface area contributed by atoms with E-state index in [1.807, 2.05) is 0 Å². The number of phenolic OH excluding ortho intramolecular Hbond substituents is 3. The maximum absolute atomic E-state index is 11.8. The standard InChI is InChI=1S/C14H18N2O4/c1-8-2-4-10(5-3-8)15-16-14(20)9-6-11(17)13(19)12(18)7-9/h6-8,17-19H,2-5H2,1H3,(H,16,20). The third-order valence-electron chi connectivity index (χ3n) is 3.50. The minimum absolute atomic E-state index is 0.0336. The third kappa shape index (κ3) is 3.20. The molecule has 6 nitrogen and oxygen atoms in total. The number of carbonyl (C=O) groups excluding carboxylic acids is 1. The first-order valence-electron chi connectivity index (χ1n) is 6.58. The van der Waals surface area contributed by atoms with Gasteiger partial charge in [0, 0.05) is 11.3 Å². The van der Waals surface area contributed by atoms with E-state index in [1.165, 1.54) is 0 Å². The van der Waals surface area contributed by atoms with Crippen molar-refractivity contribution >= 4 is 11.6 Å². The second kappa shape index (κ2) is 5.81. The lowest BCUT2D eigenvalue weighted by Gasteiger charge is -2.18. The van der Waals surface area contributed by atoms with Crippen LogP contribution < -0.4 is 5.43 Å². The molecule has 0 aromatic heterocycles. The van der Waals surface area contributed by atoms with Gasteiger partial charge < -0.3 is 15.3 Å². The molecule has 0 radical (unpaired) electrons. The zero-order valence-corrected chi connectivity index (χ0v) is 11.3. The quantitative estimate of drug-likeness (QED) is 0.491. The maximum atomic E-state index is 11.8. The lowest BCUT2D eigenvalue weighted by Crippen LogP contribution is -2.21. The molecule has 1 aromatic carbocycles. The minimum Gasteiger partial charge on any atom is -0.504 e. The van der Waals surface area contributed by atoms with Gasteiger partial charge in [-0.2, -0.15) is 5.10 Å². The number of carbonyl (C=O) groups is 1. The fourth-order valence-electron chi connectivity index (χ4n) is 2.14. The van der Waals surface area contributed by atoms with Crippen LogP contribution in [-0.2, 0) is 0 Å². The number of nitrogens with one attached hydrogen (secondary N) is 1. The second-order valence-electron chi connectivity index (χ2n) is 5.16. The number of benzene rings is 1. The van der Waals surface area contributed by atoms with Gasteiger partial charge in [0.05, 0.1) is 0 Å². The molecule has 1 aliphatic rings. The van der Waals surface area contributed by atoms with Crippen molar-refractivity contribution in [2.45, 2.75) is 32.6 Å². The average Bonchev–Trinajstić information content (AvgIpc) is 2.43. The summed E-state index contributed by atoms with van der Waals surface area (Å²) in [6.45, 7) is 2.19. The average molecular weight is 278 g/mol. The Labute approximate surface area is 116 Å². The summed E-state index contributed by atoms with van der Waals surface area (Å²) in [7, 11) is 0. The van der Waals surface area contributed by atoms with Gasteiger partial charge in [0.15, 0.2) is 17.2 Å². The molecule has 2 rings (SSSR count). The van der Waals surface area contributed by atoms with Crippen molar-refractivity contribution in [3.05, 3.63) is 17.7 Å². The number of aromatic hydroxyl groups is 3. The zero-order chi connectivity index (χ0) is 14.7. The Balaban J connectivity index is 2.04. The van der Waals surface area contributed by atoms with Gasteiger partial charge >= 0.3 is 0 Å². The van der Waals surface area contributed by atoms with Crippen LogP contribution in [0.3, 0.4) is 0 Å². The largest absolute Gasteiger partial charge is 0.504 e. The fraction of sp³-hybridized carbons (Fsp3) is 0.429. The van der Waals surface area contributed by atoms with Gasteiger partial charge in [-0.25, -0.2) is 5.43 Å². The van der Waals surface area contributed by atoms with E-state index in [0.29, 0.717) is 5.92 Å². The maximum Gasteiger partial charge on any atom is 0.271 e. The van der Waals surface area contributed by atoms with E-state index in [2.05, 4.69) is 17.5 Å². The Kier molecular flexibility index (Phi) is 4.12. The van der Waals surface area contributed by atoms with Gasteiger partial charge in [0.1, 0.15) is 0 Å². The minimum atomic E-state index is -0.644. The van der Waals surface area contributed by atoms with Crippen molar-refractivity contribution in [2.24, 2.45) is 11.0 Å². The number of hydrogen-bond acceptors (Lipinski definition) is 5. The van der Waals surface area contributed by atoms with Crippen LogP contribution in [0, 0.1) is 5.92 Å². The highest BCUT2D eigenvalue weighted by Gasteiger charge is 2.15. The van der Waals surface area contributed by atoms with Gasteiger partial charge in [-0.05, 0) is 43.7 Å². The smallest absolute Gasteiger partial charge is 0.271 e. The Morgan fingerprint density at radius 3 is 2.30 bits per heavy atom. The molecule has 1 saturated carbocycles. The van der Waals surface area contributed by atoms with E-state index in [9.17, 15) is 20.1 Å². The molecule has 6 heteroatoms. The van der Waals surface area contributed by atoms with Gasteiger partial charge in [0.25, 0.3) is 5.91 Å². The summed E-state index contributed by atoms with van der Waals surface area (Å²) in [5.41, 5.74) is 3.38. The molecule has 108 valence electrons. The second-order valence-corrected chi connectivity index (χ2v) is 5.16. The van der Waals surface area contributed by atoms with Crippen molar-refractivity contribution in [3.8, 4) is 17.2 Å². The molecule has 0 spiro atoms. The molecule has 1 aromatic rings. The molecule has 1 fully saturated rings. The highest BCUT2D eigenvalue weighted by molar-refractivity contribution is 5.96. The number of nitrogens with zero attached hydrogens (tertiary/aromatic N) is 1. The van der Waals surface area contributed by atoms with Crippen molar-refractivity contribution in [2.75, 3.05) is 0 Å². The first-order chi connectivity index (χ1) is 9.47. The molecule has 0 atom stereocenters. The normalized spacial score (nSPS) is 18.6. The van der Waals surface area contributed by atoms with E-state index < -0.39 is 23.2 Å². The van der Waals surface area contributed by atoms with Crippen molar-refractivity contribution in [1.29, 1.82) is 0 Å². The molecule has 4 N–H and O–H groups in total. The number of hydrogen-bond donors (Lipinski definition) is 4. The van der Waals surface area contributed by atoms with Crippen LogP contribution >= 0.6 is 0 Å². The summed E-state index contributed by atoms with van der Waals surface area (Å²) in [5.74, 6) is -1.59. The zero-order valence-electron chi connectivity index (χ0n) is 11.3. The molecular formula is C14H18N2O4. The number of amides is 1. The van der Waals surface area contributed by atoms with E-state index in [1.54, 1.807) is 0 Å². The van der Waals surface area contributed by atoms with Gasteiger partial charge in [-0.15, -0.1) is 0 Å². The predicted molar refractivity (Wildman–Crippen MR) is 74.0 cm³/mol. The molecule has 1 aliphatic carbocycles. The molecule has 1 amide bonds. The van der Waals surface area contributed by atoms with Gasteiger partial charge in [-0.3, -0.25) is 4.79 Å². The number of phenols is 3. The first-order valence-corrected chi connectivity index (χ1v) is 6.58. The van der Waals surface area contributed by atoms with Crippen LogP contribution in [-0.4, -0.2) is 26.9 Å². The Bertz CT molecular complexity index is 521. The lowest BCUT2D eigenvalue weighted by molar-refractivity contribution is 0.0953. The SMILES string of the molecule is CC1CCC(=NNC(=O)c2cc(O)c(O)c(O)c2)CC1. The lowest BCUT2D eigenvalue weighted by atomic mass is 9.90. The Morgan fingerprint density at radius 2 is 1.75 bits per heavy atom. The molecule has 0 unspecified atom stereocenters. The molecule has 0 heterocycles. The Morgan fingerprint density at radius 1 is 1.20 bits per heavy atom. The van der Waals surface area contributed by atoms with Crippen molar-refractivity contribution in [1.82, 2.24) is 5.43 Å². The summed E-state index contributed by atoms with van der Waals surface area (Å²) < 4.78 is 0. The summed E-state index contributed by atoms with van der Waals surface area (Å²) in [6.07, 6.45) is 3.87. The topological polar surface area (TPSA) is 102 Å². The van der Waals surface area contributed by atoms with Crippen LogP contribution in [0.2, 0.25) is 0 Å². The molecule has 20 heavy (non-hydrogen) atoms. The highest BCUT2D eigenvalue weighted by Crippen LogP contribution is 2.35. The van der Waals surface area contributed by atoms with E-state index in [-0.39, 0.29) is 5.56 Å². The van der Waals surface area contributed by atoms with E-state index in [0.717, 1.165) is 43.5 Å². The van der Waals surface area contributed by atoms with E-state index >= 15 is 0 Å². The van der Waals surface area contributed by atoms with Gasteiger partial charge in [-0.1, -0.05) is 6.92 Å². The van der Waals surface area contributed by atoms with E-state index in [4.69, 9.17) is 0 Å². The summed E-state index contributed by atoms with van der Waals surface area (Å²) in [5, 5.41) is 32.0. The van der Waals surface area contributed by atoms with Gasteiger partial charge in [0.2, 0.25) is 0 Å². The van der Waals surface area contributed by atoms with Crippen molar-refractivity contribution in [3.63, 3.8) is 0 Å². The number of hydrazone groups is 1. The fourth-order valence-corrected chi connectivity index (χ4v) is 2.14. The first kappa shape index (κ1) is 14.2. The Hall–Kier alpha value is -2.24. The van der Waals surface area contributed by atoms with Crippen LogP contribution in [0.15, 0.2) is 17.2 Å².